The molecule has 57 heavy (non-hydrogen) atoms. The maximum atomic E-state index is 12.9. The first-order valence-corrected chi connectivity index (χ1v) is 19.5. The third-order valence-electron chi connectivity index (χ3n) is 8.46. The number of carbonyl (C=O) groups is 10. The number of carboxylic acid groups (broad SMARTS) is 1. The van der Waals surface area contributed by atoms with Gasteiger partial charge in [0.05, 0.1) is 0 Å². The Balaban J connectivity index is 4.75. The van der Waals surface area contributed by atoms with Crippen molar-refractivity contribution in [2.45, 2.75) is 149 Å². The molecule has 0 aliphatic rings. The van der Waals surface area contributed by atoms with Crippen LogP contribution in [0.2, 0.25) is 0 Å². The molecule has 324 valence electrons. The number of amides is 9. The fraction of sp³-hybridized carbons (Fsp3) is 0.730. The van der Waals surface area contributed by atoms with Crippen molar-refractivity contribution < 1.29 is 53.1 Å². The van der Waals surface area contributed by atoms with Gasteiger partial charge in [-0.1, -0.05) is 0 Å². The molecule has 10 N–H and O–H groups in total. The molecule has 0 fully saturated rings. The fourth-order valence-electron chi connectivity index (χ4n) is 5.60. The monoisotopic (exact) mass is 811 g/mol. The number of nitrogens with one attached hydrogen (secondary N) is 9. The van der Waals surface area contributed by atoms with Crippen LogP contribution in [0.25, 0.3) is 0 Å². The number of hydrogen-bond acceptors (Lipinski definition) is 10. The largest absolute Gasteiger partial charge is 0.480 e. The summed E-state index contributed by atoms with van der Waals surface area (Å²) < 4.78 is 0. The van der Waals surface area contributed by atoms with Crippen LogP contribution in [0.5, 0.6) is 0 Å². The van der Waals surface area contributed by atoms with Crippen molar-refractivity contribution >= 4 is 59.1 Å². The quantitative estimate of drug-likeness (QED) is 0.0383. The molecule has 0 radical (unpaired) electrons. The molecular weight excluding hydrogens is 746 g/mol. The number of hydrogen-bond donors (Lipinski definition) is 10. The highest BCUT2D eigenvalue weighted by molar-refractivity contribution is 5.90. The van der Waals surface area contributed by atoms with Gasteiger partial charge in [-0.3, -0.25) is 47.9 Å². The van der Waals surface area contributed by atoms with Gasteiger partial charge in [0.2, 0.25) is 53.2 Å². The number of carbonyl (C=O) groups excluding carboxylic acids is 9. The minimum atomic E-state index is -1.22. The van der Waals surface area contributed by atoms with Crippen molar-refractivity contribution in [3.63, 3.8) is 0 Å². The van der Waals surface area contributed by atoms with Crippen LogP contribution in [0, 0.1) is 0 Å². The van der Waals surface area contributed by atoms with E-state index in [1.807, 2.05) is 0 Å². The van der Waals surface area contributed by atoms with Crippen LogP contribution in [0.3, 0.4) is 0 Å². The van der Waals surface area contributed by atoms with Crippen LogP contribution >= 0.6 is 0 Å². The Bertz CT molecular complexity index is 1360. The summed E-state index contributed by atoms with van der Waals surface area (Å²) in [7, 11) is 0. The zero-order valence-electron chi connectivity index (χ0n) is 34.2. The summed E-state index contributed by atoms with van der Waals surface area (Å²) in [5.74, 6) is -4.68. The van der Waals surface area contributed by atoms with E-state index in [0.717, 1.165) is 0 Å². The molecule has 0 aromatic rings. The summed E-state index contributed by atoms with van der Waals surface area (Å²) in [6.07, 6.45) is 5.32. The highest BCUT2D eigenvalue weighted by Gasteiger charge is 2.24. The van der Waals surface area contributed by atoms with Gasteiger partial charge in [0, 0.05) is 60.8 Å². The number of unbranched alkanes of at least 4 members (excludes halogenated alkanes) is 4. The van der Waals surface area contributed by atoms with E-state index in [1.54, 1.807) is 0 Å². The lowest BCUT2D eigenvalue weighted by Crippen LogP contribution is -2.50. The summed E-state index contributed by atoms with van der Waals surface area (Å²) in [5.41, 5.74) is 0. The highest BCUT2D eigenvalue weighted by Crippen LogP contribution is 2.07. The average Bonchev–Trinajstić information content (AvgIpc) is 3.11. The van der Waals surface area contributed by atoms with Gasteiger partial charge in [0.15, 0.2) is 0 Å². The Hall–Kier alpha value is -5.30. The van der Waals surface area contributed by atoms with E-state index in [0.29, 0.717) is 77.3 Å². The second-order valence-corrected chi connectivity index (χ2v) is 13.9. The van der Waals surface area contributed by atoms with Crippen LogP contribution in [-0.4, -0.2) is 121 Å². The van der Waals surface area contributed by atoms with Crippen LogP contribution in [-0.2, 0) is 47.9 Å². The second-order valence-electron chi connectivity index (χ2n) is 13.9. The predicted molar refractivity (Wildman–Crippen MR) is 209 cm³/mol. The van der Waals surface area contributed by atoms with Crippen molar-refractivity contribution in [3.8, 4) is 0 Å². The third kappa shape index (κ3) is 27.0. The smallest absolute Gasteiger partial charge is 0.325 e. The molecule has 0 saturated heterocycles. The number of rotatable bonds is 30. The minimum absolute atomic E-state index is 0.139. The molecule has 1 unspecified atom stereocenters. The van der Waals surface area contributed by atoms with E-state index >= 15 is 0 Å². The molecule has 0 heterocycles. The van der Waals surface area contributed by atoms with E-state index in [2.05, 4.69) is 47.9 Å². The third-order valence-corrected chi connectivity index (χ3v) is 8.46. The molecule has 0 aromatic carbocycles. The topological polar surface area (TPSA) is 299 Å². The molecule has 9 amide bonds. The summed E-state index contributed by atoms with van der Waals surface area (Å²) in [4.78, 5) is 120. The molecule has 0 aliphatic carbocycles. The predicted octanol–water partition coefficient (Wildman–Crippen LogP) is -1.24. The van der Waals surface area contributed by atoms with Gasteiger partial charge < -0.3 is 53.0 Å². The molecule has 0 aliphatic heterocycles. The molecule has 0 bridgehead atoms. The summed E-state index contributed by atoms with van der Waals surface area (Å²) in [6.45, 7) is 9.14. The highest BCUT2D eigenvalue weighted by atomic mass is 16.4. The van der Waals surface area contributed by atoms with Gasteiger partial charge in [0.1, 0.15) is 30.2 Å². The molecule has 0 rings (SSSR count). The molecule has 20 nitrogen and oxygen atoms in total. The van der Waals surface area contributed by atoms with Crippen LogP contribution < -0.4 is 47.9 Å². The number of aliphatic carboxylic acids is 1. The zero-order valence-corrected chi connectivity index (χ0v) is 34.2. The molecule has 5 atom stereocenters. The average molecular weight is 812 g/mol. The van der Waals surface area contributed by atoms with Gasteiger partial charge >= 0.3 is 5.97 Å². The van der Waals surface area contributed by atoms with E-state index in [1.165, 1.54) is 41.5 Å². The van der Waals surface area contributed by atoms with Gasteiger partial charge in [-0.25, -0.2) is 0 Å². The molecular formula is C37H65N9O11. The first-order valence-electron chi connectivity index (χ1n) is 19.5. The Morgan fingerprint density at radius 2 is 0.632 bits per heavy atom. The van der Waals surface area contributed by atoms with Gasteiger partial charge in [-0.05, 0) is 84.0 Å². The van der Waals surface area contributed by atoms with Gasteiger partial charge in [0.25, 0.3) is 0 Å². The zero-order chi connectivity index (χ0) is 43.3. The first-order chi connectivity index (χ1) is 26.8. The van der Waals surface area contributed by atoms with Gasteiger partial charge in [-0.15, -0.1) is 0 Å². The van der Waals surface area contributed by atoms with E-state index < -0.39 is 59.8 Å². The van der Waals surface area contributed by atoms with E-state index in [4.69, 9.17) is 5.11 Å². The molecule has 20 heteroatoms. The lowest BCUT2D eigenvalue weighted by Gasteiger charge is -2.20. The van der Waals surface area contributed by atoms with Gasteiger partial charge in [-0.2, -0.15) is 0 Å². The van der Waals surface area contributed by atoms with E-state index in [-0.39, 0.29) is 55.5 Å². The lowest BCUT2D eigenvalue weighted by molar-refractivity contribution is -0.141. The summed E-state index contributed by atoms with van der Waals surface area (Å²) >= 11 is 0. The maximum Gasteiger partial charge on any atom is 0.325 e. The van der Waals surface area contributed by atoms with Crippen LogP contribution in [0.4, 0.5) is 0 Å². The SMILES string of the molecule is CC(=O)NCCCC[C@H](NC(C)=O)C(=O)NCCCCC(NC(C)=O)C(=O)NCCCC[C@H](NC(C)=O)C(=O)NCCCC[C@H](NC(C)=O)C(=O)N[C@@H](C)C(=O)O. The van der Waals surface area contributed by atoms with Crippen LogP contribution in [0.1, 0.15) is 119 Å². The summed E-state index contributed by atoms with van der Waals surface area (Å²) in [5, 5.41) is 32.8. The summed E-state index contributed by atoms with van der Waals surface area (Å²) in [6, 6.07) is -4.42. The minimum Gasteiger partial charge on any atom is -0.480 e. The van der Waals surface area contributed by atoms with Crippen molar-refractivity contribution in [3.05, 3.63) is 0 Å². The van der Waals surface area contributed by atoms with Crippen molar-refractivity contribution in [1.29, 1.82) is 0 Å². The maximum absolute atomic E-state index is 12.9. The fourth-order valence-corrected chi connectivity index (χ4v) is 5.60. The lowest BCUT2D eigenvalue weighted by atomic mass is 10.1. The Labute approximate surface area is 334 Å². The van der Waals surface area contributed by atoms with Crippen LogP contribution in [0.15, 0.2) is 0 Å². The Morgan fingerprint density at radius 1 is 0.368 bits per heavy atom. The Morgan fingerprint density at radius 3 is 0.877 bits per heavy atom. The normalized spacial score (nSPS) is 13.2. The standard InChI is InChI=1S/C37H65N9O11/c1-23(37(56)57)42-36(55)32(46-28(6)51)18-10-14-22-41-35(54)31(45-27(5)50)17-9-13-21-40-34(53)30(44-26(4)49)16-8-12-20-39-33(52)29(43-25(3)48)15-7-11-19-38-24(2)47/h23,29-32H,7-22H2,1-6H3,(H,38,47)(H,39,52)(H,40,53)(H,41,54)(H,42,55)(H,43,48)(H,44,49)(H,45,50)(H,46,51)(H,56,57)/t23-,29-,30?,31-,32-/m0/s1. The molecule has 0 aromatic heterocycles. The van der Waals surface area contributed by atoms with E-state index in [9.17, 15) is 47.9 Å². The van der Waals surface area contributed by atoms with Crippen molar-refractivity contribution in [1.82, 2.24) is 47.9 Å². The second kappa shape index (κ2) is 29.9. The van der Waals surface area contributed by atoms with Crippen molar-refractivity contribution in [2.24, 2.45) is 0 Å². The Kier molecular flexibility index (Phi) is 27.1. The van der Waals surface area contributed by atoms with Crippen molar-refractivity contribution in [2.75, 3.05) is 26.2 Å². The molecule has 0 spiro atoms. The number of carboxylic acids is 1. The molecule has 0 saturated carbocycles. The first kappa shape index (κ1) is 51.7.